The van der Waals surface area contributed by atoms with Gasteiger partial charge in [0.2, 0.25) is 0 Å². The fourth-order valence-electron chi connectivity index (χ4n) is 5.75. The second-order valence-electron chi connectivity index (χ2n) is 15.2. The smallest absolute Gasteiger partial charge is 0.130 e. The molecule has 0 saturated heterocycles. The summed E-state index contributed by atoms with van der Waals surface area (Å²) < 4.78 is 0. The first-order valence-electron chi connectivity index (χ1n) is 19.7. The highest BCUT2D eigenvalue weighted by Gasteiger charge is 1.98. The molecule has 0 N–H and O–H groups in total. The molecule has 0 saturated carbocycles. The van der Waals surface area contributed by atoms with E-state index in [1.54, 1.807) is 6.92 Å². The largest absolute Gasteiger partial charge is 0.300 e. The second-order valence-corrected chi connectivity index (χ2v) is 15.2. The Balaban J connectivity index is 4.22. The molecule has 0 aromatic carbocycles. The summed E-state index contributed by atoms with van der Waals surface area (Å²) in [5.74, 6) is 0.276. The number of carbonyl (C=O) groups is 1. The zero-order chi connectivity index (χ0) is 36.9. The first-order chi connectivity index (χ1) is 23.3. The van der Waals surface area contributed by atoms with E-state index in [-0.39, 0.29) is 5.78 Å². The van der Waals surface area contributed by atoms with Crippen LogP contribution in [0.25, 0.3) is 0 Å². The first-order valence-corrected chi connectivity index (χ1v) is 19.7. The molecular weight excluding hydrogens is 593 g/mol. The van der Waals surface area contributed by atoms with Crippen molar-refractivity contribution in [2.24, 2.45) is 0 Å². The summed E-state index contributed by atoms with van der Waals surface area (Å²) in [6, 6.07) is 0. The van der Waals surface area contributed by atoms with Gasteiger partial charge in [0, 0.05) is 6.42 Å². The lowest BCUT2D eigenvalue weighted by atomic mass is 10.0. The van der Waals surface area contributed by atoms with Gasteiger partial charge in [0.1, 0.15) is 5.78 Å². The molecule has 0 aliphatic carbocycles. The van der Waals surface area contributed by atoms with Crippen LogP contribution in [0.1, 0.15) is 192 Å². The minimum Gasteiger partial charge on any atom is -0.300 e. The third-order valence-corrected chi connectivity index (χ3v) is 9.30. The number of carbonyl (C=O) groups excluding carboxylic acids is 1. The predicted octanol–water partition coefficient (Wildman–Crippen LogP) is 16.1. The summed E-state index contributed by atoms with van der Waals surface area (Å²) >= 11 is 0. The van der Waals surface area contributed by atoms with E-state index in [0.29, 0.717) is 6.42 Å². The van der Waals surface area contributed by atoms with Crippen molar-refractivity contribution in [3.8, 4) is 0 Å². The molecule has 0 heterocycles. The lowest BCUT2D eigenvalue weighted by Crippen LogP contribution is -1.87. The van der Waals surface area contributed by atoms with Crippen LogP contribution in [-0.4, -0.2) is 5.78 Å². The van der Waals surface area contributed by atoms with Crippen LogP contribution in [0.5, 0.6) is 0 Å². The topological polar surface area (TPSA) is 17.1 Å². The predicted molar refractivity (Wildman–Crippen MR) is 223 cm³/mol. The molecule has 0 atom stereocenters. The molecule has 0 rings (SSSR count). The Morgan fingerprint density at radius 1 is 0.265 bits per heavy atom. The van der Waals surface area contributed by atoms with Crippen LogP contribution in [0.15, 0.2) is 105 Å². The number of ketones is 1. The van der Waals surface area contributed by atoms with Crippen LogP contribution >= 0.6 is 0 Å². The van der Waals surface area contributed by atoms with Crippen LogP contribution in [0, 0.1) is 0 Å². The summed E-state index contributed by atoms with van der Waals surface area (Å²) in [5, 5.41) is 0. The van der Waals surface area contributed by atoms with Gasteiger partial charge in [-0.3, -0.25) is 0 Å². The maximum atomic E-state index is 11.1. The molecule has 1 heteroatoms. The third kappa shape index (κ3) is 32.3. The molecule has 0 fully saturated rings. The van der Waals surface area contributed by atoms with Gasteiger partial charge in [0.05, 0.1) is 0 Å². The molecular formula is C48H78O. The molecule has 0 aromatic heterocycles. The molecule has 0 amide bonds. The Labute approximate surface area is 306 Å². The van der Waals surface area contributed by atoms with Gasteiger partial charge in [0.15, 0.2) is 0 Å². The molecule has 49 heavy (non-hydrogen) atoms. The van der Waals surface area contributed by atoms with Gasteiger partial charge < -0.3 is 4.79 Å². The average molecular weight is 671 g/mol. The monoisotopic (exact) mass is 671 g/mol. The van der Waals surface area contributed by atoms with E-state index in [9.17, 15) is 4.79 Å². The standard InChI is InChI=1S/C48H78O/c1-39(2)21-12-22-40(3)23-13-24-41(4)25-14-26-42(5)27-15-28-43(6)29-16-30-44(7)31-17-32-45(8)33-18-34-46(9)35-19-36-47(10)37-20-38-48(11)49/h21,23,25,27,29,31,33,35,37H,12-20,22,24,26,28,30,32,34,36,38H2,1-11H3/b40-23+,41-25+,42-27+,43-29+,44-31+,45-33+,46-35+,47-37+. The fourth-order valence-corrected chi connectivity index (χ4v) is 5.75. The van der Waals surface area contributed by atoms with Crippen LogP contribution in [-0.2, 0) is 4.79 Å². The van der Waals surface area contributed by atoms with Gasteiger partial charge in [-0.05, 0) is 185 Å². The van der Waals surface area contributed by atoms with Crippen LogP contribution in [0.3, 0.4) is 0 Å². The fraction of sp³-hybridized carbons (Fsp3) is 0.604. The molecule has 0 spiro atoms. The lowest BCUT2D eigenvalue weighted by Gasteiger charge is -2.04. The van der Waals surface area contributed by atoms with Crippen molar-refractivity contribution < 1.29 is 4.79 Å². The van der Waals surface area contributed by atoms with Crippen molar-refractivity contribution in [3.05, 3.63) is 105 Å². The number of rotatable bonds is 27. The van der Waals surface area contributed by atoms with Crippen LogP contribution in [0.2, 0.25) is 0 Å². The summed E-state index contributed by atoms with van der Waals surface area (Å²) in [6.07, 6.45) is 41.7. The van der Waals surface area contributed by atoms with Crippen LogP contribution < -0.4 is 0 Å². The minimum absolute atomic E-state index is 0.276. The Morgan fingerprint density at radius 2 is 0.429 bits per heavy atom. The van der Waals surface area contributed by atoms with Gasteiger partial charge >= 0.3 is 0 Å². The highest BCUT2D eigenvalue weighted by Crippen LogP contribution is 2.17. The molecule has 0 aliphatic rings. The maximum Gasteiger partial charge on any atom is 0.130 e. The van der Waals surface area contributed by atoms with E-state index in [1.807, 2.05) is 0 Å². The third-order valence-electron chi connectivity index (χ3n) is 9.30. The van der Waals surface area contributed by atoms with Crippen molar-refractivity contribution >= 4 is 5.78 Å². The van der Waals surface area contributed by atoms with E-state index in [4.69, 9.17) is 0 Å². The SMILES string of the molecule is CC(=O)CC/C=C(\C)CC/C=C(\C)CC/C=C(\C)CC/C=C(\C)CC/C=C(\C)CC/C=C(\C)CC/C=C(\C)CC/C=C(\C)CCC=C(C)C. The zero-order valence-electron chi connectivity index (χ0n) is 34.3. The van der Waals surface area contributed by atoms with E-state index < -0.39 is 0 Å². The van der Waals surface area contributed by atoms with Gasteiger partial charge in [-0.25, -0.2) is 0 Å². The Morgan fingerprint density at radius 3 is 0.592 bits per heavy atom. The van der Waals surface area contributed by atoms with Crippen molar-refractivity contribution in [2.75, 3.05) is 0 Å². The number of allylic oxidation sites excluding steroid dienone is 18. The lowest BCUT2D eigenvalue weighted by molar-refractivity contribution is -0.116. The van der Waals surface area contributed by atoms with E-state index in [1.165, 1.54) is 95.1 Å². The van der Waals surface area contributed by atoms with E-state index in [2.05, 4.69) is 124 Å². The zero-order valence-corrected chi connectivity index (χ0v) is 34.3. The normalized spacial score (nSPS) is 14.5. The highest BCUT2D eigenvalue weighted by atomic mass is 16.1. The second kappa shape index (κ2) is 30.2. The van der Waals surface area contributed by atoms with Crippen molar-refractivity contribution in [2.45, 2.75) is 192 Å². The van der Waals surface area contributed by atoms with E-state index >= 15 is 0 Å². The first kappa shape index (κ1) is 46.3. The van der Waals surface area contributed by atoms with Crippen molar-refractivity contribution in [1.82, 2.24) is 0 Å². The molecule has 0 bridgehead atoms. The summed E-state index contributed by atoms with van der Waals surface area (Å²) in [4.78, 5) is 11.1. The van der Waals surface area contributed by atoms with Gasteiger partial charge in [0.25, 0.3) is 0 Å². The molecule has 276 valence electrons. The summed E-state index contributed by atoms with van der Waals surface area (Å²) in [7, 11) is 0. The van der Waals surface area contributed by atoms with Gasteiger partial charge in [-0.1, -0.05) is 105 Å². The number of Topliss-reactive ketones (excluding diaryl/α,β-unsaturated/α-hetero) is 1. The maximum absolute atomic E-state index is 11.1. The van der Waals surface area contributed by atoms with Crippen molar-refractivity contribution in [1.29, 1.82) is 0 Å². The van der Waals surface area contributed by atoms with Crippen molar-refractivity contribution in [3.63, 3.8) is 0 Å². The Bertz CT molecular complexity index is 1210. The average Bonchev–Trinajstić information content (AvgIpc) is 3.00. The number of hydrogen-bond donors (Lipinski definition) is 0. The van der Waals surface area contributed by atoms with E-state index in [0.717, 1.165) is 64.2 Å². The quantitative estimate of drug-likeness (QED) is 0.0795. The Hall–Kier alpha value is -2.67. The molecule has 1 nitrogen and oxygen atoms in total. The summed E-state index contributed by atoms with van der Waals surface area (Å²) in [5.41, 5.74) is 13.4. The Kier molecular flexibility index (Phi) is 28.5. The van der Waals surface area contributed by atoms with Gasteiger partial charge in [-0.2, -0.15) is 0 Å². The minimum atomic E-state index is 0.276. The number of hydrogen-bond acceptors (Lipinski definition) is 1. The molecule has 0 aromatic rings. The molecule has 0 aliphatic heterocycles. The highest BCUT2D eigenvalue weighted by molar-refractivity contribution is 5.75. The van der Waals surface area contributed by atoms with Gasteiger partial charge in [-0.15, -0.1) is 0 Å². The van der Waals surface area contributed by atoms with Crippen LogP contribution in [0.4, 0.5) is 0 Å². The molecule has 0 unspecified atom stereocenters. The summed E-state index contributed by atoms with van der Waals surface area (Å²) in [6.45, 7) is 24.2. The molecule has 0 radical (unpaired) electrons.